The number of aryl methyl sites for hydroxylation is 1. The Labute approximate surface area is 199 Å². The number of ether oxygens (including phenoxy) is 2. The molecule has 1 saturated heterocycles. The Bertz CT molecular complexity index is 1390. The number of carbonyl (C=O) groups excluding carboxylic acids is 2. The number of ketones is 1. The lowest BCUT2D eigenvalue weighted by Gasteiger charge is -2.17. The summed E-state index contributed by atoms with van der Waals surface area (Å²) >= 11 is 0. The fourth-order valence-corrected chi connectivity index (χ4v) is 4.72. The zero-order chi connectivity index (χ0) is 24.7. The number of fused-ring (bicyclic) bond motifs is 1. The second-order valence-electron chi connectivity index (χ2n) is 8.87. The van der Waals surface area contributed by atoms with Crippen molar-refractivity contribution in [1.82, 2.24) is 14.1 Å². The molecule has 1 fully saturated rings. The number of esters is 1. The monoisotopic (exact) mass is 479 g/mol. The van der Waals surface area contributed by atoms with E-state index in [1.165, 1.54) is 10.8 Å². The van der Waals surface area contributed by atoms with Crippen molar-refractivity contribution in [2.24, 2.45) is 0 Å². The molecule has 1 unspecified atom stereocenters. The second kappa shape index (κ2) is 9.12. The van der Waals surface area contributed by atoms with Gasteiger partial charge in [0.25, 0.3) is 5.56 Å². The van der Waals surface area contributed by atoms with Crippen LogP contribution in [0, 0.1) is 6.92 Å². The average Bonchev–Trinajstić information content (AvgIpc) is 3.55. The number of carbonyl (C=O) groups is 2. The fourth-order valence-electron chi connectivity index (χ4n) is 4.72. The number of hydrogen-bond donors (Lipinski definition) is 2. The Hall–Kier alpha value is -3.76. The molecule has 2 aliphatic rings. The molecule has 4 heterocycles. The van der Waals surface area contributed by atoms with E-state index in [1.807, 2.05) is 10.6 Å². The Kier molecular flexibility index (Phi) is 6.00. The smallest absolute Gasteiger partial charge is 0.330 e. The summed E-state index contributed by atoms with van der Waals surface area (Å²) in [5.74, 6) is -1.09. The molecular formula is C25H25N3O7. The van der Waals surface area contributed by atoms with Crippen molar-refractivity contribution in [1.29, 1.82) is 0 Å². The normalized spacial score (nSPS) is 23.3. The van der Waals surface area contributed by atoms with E-state index in [0.717, 1.165) is 5.69 Å². The number of nitrogens with one attached hydrogen (secondary N) is 1. The first-order valence-corrected chi connectivity index (χ1v) is 11.4. The molecule has 0 spiro atoms. The van der Waals surface area contributed by atoms with Crippen molar-refractivity contribution in [3.05, 3.63) is 92.0 Å². The van der Waals surface area contributed by atoms with Gasteiger partial charge in [-0.3, -0.25) is 23.9 Å². The highest BCUT2D eigenvalue weighted by atomic mass is 16.6. The molecule has 35 heavy (non-hydrogen) atoms. The van der Waals surface area contributed by atoms with Gasteiger partial charge in [-0.15, -0.1) is 0 Å². The highest BCUT2D eigenvalue weighted by molar-refractivity contribution is 6.08. The molecule has 5 rings (SSSR count). The maximum atomic E-state index is 12.9. The molecule has 0 saturated carbocycles. The maximum absolute atomic E-state index is 12.9. The summed E-state index contributed by atoms with van der Waals surface area (Å²) in [6.45, 7) is 1.91. The minimum absolute atomic E-state index is 0.105. The number of aromatic nitrogens is 3. The van der Waals surface area contributed by atoms with E-state index < -0.39 is 41.6 Å². The van der Waals surface area contributed by atoms with Gasteiger partial charge in [0.15, 0.2) is 0 Å². The number of H-pyrrole nitrogens is 1. The van der Waals surface area contributed by atoms with Crippen molar-refractivity contribution in [2.45, 2.75) is 50.7 Å². The van der Waals surface area contributed by atoms with Crippen LogP contribution in [0.4, 0.5) is 0 Å². The van der Waals surface area contributed by atoms with Crippen LogP contribution in [-0.2, 0) is 20.8 Å². The van der Waals surface area contributed by atoms with Crippen LogP contribution in [0.25, 0.3) is 0 Å². The minimum Gasteiger partial charge on any atom is -0.462 e. The molecule has 0 aliphatic carbocycles. The molecule has 0 bridgehead atoms. The number of aliphatic hydroxyl groups excluding tert-OH is 1. The molecule has 2 aromatic heterocycles. The van der Waals surface area contributed by atoms with E-state index in [1.54, 1.807) is 43.3 Å². The predicted octanol–water partition coefficient (Wildman–Crippen LogP) is 1.26. The summed E-state index contributed by atoms with van der Waals surface area (Å²) in [5, 5.41) is 10.4. The van der Waals surface area contributed by atoms with E-state index in [-0.39, 0.29) is 18.8 Å². The molecule has 0 amide bonds. The van der Waals surface area contributed by atoms with Crippen LogP contribution in [0.2, 0.25) is 0 Å². The molecule has 1 aromatic carbocycles. The van der Waals surface area contributed by atoms with Gasteiger partial charge in [0.05, 0.1) is 17.7 Å². The number of aliphatic hydroxyl groups is 1. The van der Waals surface area contributed by atoms with Crippen LogP contribution in [0.5, 0.6) is 0 Å². The zero-order valence-corrected chi connectivity index (χ0v) is 19.0. The van der Waals surface area contributed by atoms with Gasteiger partial charge in [0, 0.05) is 36.0 Å². The molecule has 10 heteroatoms. The Balaban J connectivity index is 1.23. The first-order valence-electron chi connectivity index (χ1n) is 11.4. The van der Waals surface area contributed by atoms with E-state index in [0.29, 0.717) is 29.8 Å². The van der Waals surface area contributed by atoms with Crippen molar-refractivity contribution in [3.63, 3.8) is 0 Å². The van der Waals surface area contributed by atoms with Gasteiger partial charge in [-0.05, 0) is 25.5 Å². The van der Waals surface area contributed by atoms with Crippen LogP contribution >= 0.6 is 0 Å². The lowest BCUT2D eigenvalue weighted by Crippen LogP contribution is -2.33. The third-order valence-electron chi connectivity index (χ3n) is 6.62. The number of hydrogen-bond acceptors (Lipinski definition) is 7. The van der Waals surface area contributed by atoms with Gasteiger partial charge in [0.1, 0.15) is 18.9 Å². The van der Waals surface area contributed by atoms with E-state index in [4.69, 9.17) is 9.47 Å². The number of nitrogens with zero attached hydrogens (tertiary/aromatic N) is 2. The Morgan fingerprint density at radius 2 is 1.94 bits per heavy atom. The van der Waals surface area contributed by atoms with Crippen molar-refractivity contribution >= 4 is 11.8 Å². The van der Waals surface area contributed by atoms with Gasteiger partial charge in [-0.2, -0.15) is 0 Å². The highest BCUT2D eigenvalue weighted by Crippen LogP contribution is 2.33. The fraction of sp³-hybridized carbons (Fsp3) is 0.360. The minimum atomic E-state index is -0.950. The average molecular weight is 479 g/mol. The first kappa shape index (κ1) is 23.0. The van der Waals surface area contributed by atoms with Gasteiger partial charge in [0.2, 0.25) is 5.78 Å². The maximum Gasteiger partial charge on any atom is 0.330 e. The van der Waals surface area contributed by atoms with Gasteiger partial charge in [-0.1, -0.05) is 30.3 Å². The van der Waals surface area contributed by atoms with E-state index in [9.17, 15) is 24.3 Å². The van der Waals surface area contributed by atoms with E-state index in [2.05, 4.69) is 4.98 Å². The molecule has 10 nitrogen and oxygen atoms in total. The zero-order valence-electron chi connectivity index (χ0n) is 19.0. The summed E-state index contributed by atoms with van der Waals surface area (Å²) < 4.78 is 14.3. The first-order chi connectivity index (χ1) is 16.8. The summed E-state index contributed by atoms with van der Waals surface area (Å²) in [7, 11) is 0. The third kappa shape index (κ3) is 4.26. The largest absolute Gasteiger partial charge is 0.462 e. The Morgan fingerprint density at radius 1 is 1.17 bits per heavy atom. The van der Waals surface area contributed by atoms with E-state index >= 15 is 0 Å². The molecular weight excluding hydrogens is 454 g/mol. The van der Waals surface area contributed by atoms with Crippen LogP contribution in [0.3, 0.4) is 0 Å². The highest BCUT2D eigenvalue weighted by Gasteiger charge is 2.38. The van der Waals surface area contributed by atoms with Crippen LogP contribution in [-0.4, -0.2) is 49.8 Å². The van der Waals surface area contributed by atoms with Crippen LogP contribution < -0.4 is 11.2 Å². The summed E-state index contributed by atoms with van der Waals surface area (Å²) in [6, 6.07) is 12.5. The van der Waals surface area contributed by atoms with Crippen molar-refractivity contribution in [3.8, 4) is 0 Å². The predicted molar refractivity (Wildman–Crippen MR) is 123 cm³/mol. The SMILES string of the molecule is Cc1cn([C@H]2C[C@H](O)[C@@H](COC(=O)C3CCn4c(C(=O)c5ccccc5)ccc43)O2)c(=O)[nH]c1=O. The van der Waals surface area contributed by atoms with Crippen LogP contribution in [0.15, 0.2) is 58.3 Å². The van der Waals surface area contributed by atoms with Crippen molar-refractivity contribution in [2.75, 3.05) is 6.61 Å². The second-order valence-corrected chi connectivity index (χ2v) is 8.87. The summed E-state index contributed by atoms with van der Waals surface area (Å²) in [5.41, 5.74) is 1.05. The topological polar surface area (TPSA) is 133 Å². The van der Waals surface area contributed by atoms with Crippen LogP contribution in [0.1, 0.15) is 52.3 Å². The number of aromatic amines is 1. The lowest BCUT2D eigenvalue weighted by molar-refractivity contribution is -0.152. The molecule has 3 aromatic rings. The number of rotatable bonds is 6. The molecule has 0 radical (unpaired) electrons. The molecule has 4 atom stereocenters. The third-order valence-corrected chi connectivity index (χ3v) is 6.62. The molecule has 2 N–H and O–H groups in total. The molecule has 2 aliphatic heterocycles. The van der Waals surface area contributed by atoms with Gasteiger partial charge < -0.3 is 19.1 Å². The quantitative estimate of drug-likeness (QED) is 0.402. The molecule has 182 valence electrons. The Morgan fingerprint density at radius 3 is 2.71 bits per heavy atom. The van der Waals surface area contributed by atoms with Gasteiger partial charge in [-0.25, -0.2) is 4.79 Å². The number of benzene rings is 1. The summed E-state index contributed by atoms with van der Waals surface area (Å²) in [6.07, 6.45) is -0.543. The summed E-state index contributed by atoms with van der Waals surface area (Å²) in [4.78, 5) is 51.7. The van der Waals surface area contributed by atoms with Gasteiger partial charge >= 0.3 is 11.7 Å². The lowest BCUT2D eigenvalue weighted by atomic mass is 10.1. The standard InChI is InChI=1S/C25H25N3O7/c1-14-12-28(25(33)26-23(14)31)21-11-19(29)20(35-21)13-34-24(32)16-9-10-27-17(16)7-8-18(27)22(30)15-5-3-2-4-6-15/h2-8,12,16,19-21,29H,9-11,13H2,1H3,(H,26,31,33)/t16?,19-,20+,21+/m0/s1. The van der Waals surface area contributed by atoms with Crippen molar-refractivity contribution < 1.29 is 24.2 Å².